The highest BCUT2D eigenvalue weighted by Crippen LogP contribution is 2.18. The van der Waals surface area contributed by atoms with E-state index in [0.29, 0.717) is 17.8 Å². The maximum Gasteiger partial charge on any atom is 0.251 e. The van der Waals surface area contributed by atoms with Gasteiger partial charge in [0, 0.05) is 12.0 Å². The zero-order chi connectivity index (χ0) is 16.8. The summed E-state index contributed by atoms with van der Waals surface area (Å²) in [6.45, 7) is 5.82. The maximum atomic E-state index is 12.3. The highest BCUT2D eigenvalue weighted by atomic mass is 16.1. The number of rotatable bonds is 7. The van der Waals surface area contributed by atoms with E-state index in [-0.39, 0.29) is 30.2 Å². The van der Waals surface area contributed by atoms with Crippen molar-refractivity contribution < 1.29 is 9.59 Å². The number of tetrazole rings is 1. The van der Waals surface area contributed by atoms with Gasteiger partial charge in [0.15, 0.2) is 11.6 Å². The number of aromatic nitrogens is 4. The number of hydrogen-bond donors (Lipinski definition) is 1. The second-order valence-electron chi connectivity index (χ2n) is 5.63. The second-order valence-corrected chi connectivity index (χ2v) is 5.63. The van der Waals surface area contributed by atoms with Crippen LogP contribution < -0.4 is 5.32 Å². The summed E-state index contributed by atoms with van der Waals surface area (Å²) in [6, 6.07) is 8.60. The van der Waals surface area contributed by atoms with Gasteiger partial charge in [-0.05, 0) is 23.3 Å². The average Bonchev–Trinajstić information content (AvgIpc) is 3.00. The summed E-state index contributed by atoms with van der Waals surface area (Å²) in [5.74, 6) is 0.337. The lowest BCUT2D eigenvalue weighted by Crippen LogP contribution is -2.32. The summed E-state index contributed by atoms with van der Waals surface area (Å²) in [5, 5.41) is 15.0. The van der Waals surface area contributed by atoms with Gasteiger partial charge in [-0.1, -0.05) is 39.0 Å². The lowest BCUT2D eigenvalue weighted by Gasteiger charge is -2.19. The van der Waals surface area contributed by atoms with E-state index in [9.17, 15) is 9.59 Å². The minimum Gasteiger partial charge on any atom is -0.342 e. The van der Waals surface area contributed by atoms with Crippen molar-refractivity contribution >= 4 is 11.7 Å². The number of nitrogens with one attached hydrogen (secondary N) is 1. The van der Waals surface area contributed by atoms with Gasteiger partial charge < -0.3 is 5.32 Å². The van der Waals surface area contributed by atoms with Gasteiger partial charge >= 0.3 is 0 Å². The Morgan fingerprint density at radius 1 is 1.22 bits per heavy atom. The molecule has 0 saturated heterocycles. The van der Waals surface area contributed by atoms with E-state index in [1.165, 1.54) is 4.80 Å². The number of carbonyl (C=O) groups is 2. The molecule has 2 rings (SSSR count). The molecule has 7 heteroatoms. The van der Waals surface area contributed by atoms with Gasteiger partial charge in [-0.2, -0.15) is 4.80 Å². The van der Waals surface area contributed by atoms with E-state index >= 15 is 0 Å². The third-order valence-electron chi connectivity index (χ3n) is 3.45. The standard InChI is InChI=1S/C16H21N5O2/c1-4-13(22)10-21-19-15(18-20-21)14(11(2)3)17-16(23)12-8-6-5-7-9-12/h5-9,11,14H,4,10H2,1-3H3,(H,17,23). The number of amides is 1. The van der Waals surface area contributed by atoms with Gasteiger partial charge in [0.1, 0.15) is 6.54 Å². The Balaban J connectivity index is 2.13. The fourth-order valence-corrected chi connectivity index (χ4v) is 2.06. The third-order valence-corrected chi connectivity index (χ3v) is 3.45. The molecule has 1 N–H and O–H groups in total. The van der Waals surface area contributed by atoms with Crippen LogP contribution in [0.5, 0.6) is 0 Å². The number of nitrogens with zero attached hydrogens (tertiary/aromatic N) is 4. The Hall–Kier alpha value is -2.57. The van der Waals surface area contributed by atoms with Gasteiger partial charge in [-0.15, -0.1) is 10.2 Å². The Labute approximate surface area is 135 Å². The molecule has 7 nitrogen and oxygen atoms in total. The SMILES string of the molecule is CCC(=O)Cn1nnc(C(NC(=O)c2ccccc2)C(C)C)n1. The zero-order valence-corrected chi connectivity index (χ0v) is 13.6. The molecule has 1 unspecified atom stereocenters. The summed E-state index contributed by atoms with van der Waals surface area (Å²) in [5.41, 5.74) is 0.576. The lowest BCUT2D eigenvalue weighted by molar-refractivity contribution is -0.119. The zero-order valence-electron chi connectivity index (χ0n) is 13.6. The summed E-state index contributed by atoms with van der Waals surface area (Å²) >= 11 is 0. The van der Waals surface area contributed by atoms with E-state index in [1.54, 1.807) is 19.1 Å². The van der Waals surface area contributed by atoms with E-state index in [4.69, 9.17) is 0 Å². The first-order valence-corrected chi connectivity index (χ1v) is 7.66. The molecule has 1 aromatic carbocycles. The van der Waals surface area contributed by atoms with E-state index < -0.39 is 0 Å². The molecule has 0 radical (unpaired) electrons. The van der Waals surface area contributed by atoms with Crippen molar-refractivity contribution in [1.29, 1.82) is 0 Å². The van der Waals surface area contributed by atoms with Crippen LogP contribution in [0.15, 0.2) is 30.3 Å². The molecular formula is C16H21N5O2. The van der Waals surface area contributed by atoms with Crippen molar-refractivity contribution in [3.05, 3.63) is 41.7 Å². The minimum atomic E-state index is -0.367. The molecule has 122 valence electrons. The molecule has 0 bridgehead atoms. The molecule has 0 aliphatic carbocycles. The van der Waals surface area contributed by atoms with Crippen molar-refractivity contribution in [2.24, 2.45) is 5.92 Å². The predicted octanol–water partition coefficient (Wildman–Crippen LogP) is 1.78. The summed E-state index contributed by atoms with van der Waals surface area (Å²) in [7, 11) is 0. The van der Waals surface area contributed by atoms with Crippen LogP contribution in [-0.4, -0.2) is 31.9 Å². The van der Waals surface area contributed by atoms with Crippen LogP contribution in [0.1, 0.15) is 49.4 Å². The third kappa shape index (κ3) is 4.45. The molecule has 0 saturated carbocycles. The van der Waals surface area contributed by atoms with E-state index in [1.807, 2.05) is 32.0 Å². The molecule has 0 fully saturated rings. The fraction of sp³-hybridized carbons (Fsp3) is 0.438. The Morgan fingerprint density at radius 3 is 2.52 bits per heavy atom. The smallest absolute Gasteiger partial charge is 0.251 e. The molecule has 2 aromatic rings. The number of Topliss-reactive ketones (excluding diaryl/α,β-unsaturated/α-hetero) is 1. The fourth-order valence-electron chi connectivity index (χ4n) is 2.06. The number of benzene rings is 1. The van der Waals surface area contributed by atoms with Crippen LogP contribution in [0, 0.1) is 5.92 Å². The van der Waals surface area contributed by atoms with Crippen LogP contribution in [0.25, 0.3) is 0 Å². The maximum absolute atomic E-state index is 12.3. The molecule has 1 amide bonds. The Bertz CT molecular complexity index is 666. The number of hydrogen-bond acceptors (Lipinski definition) is 5. The summed E-state index contributed by atoms with van der Waals surface area (Å²) < 4.78 is 0. The Kier molecular flexibility index (Phi) is 5.56. The molecule has 1 heterocycles. The average molecular weight is 315 g/mol. The quantitative estimate of drug-likeness (QED) is 0.841. The van der Waals surface area contributed by atoms with Crippen molar-refractivity contribution in [2.45, 2.75) is 39.8 Å². The molecule has 1 atom stereocenters. The van der Waals surface area contributed by atoms with Gasteiger partial charge in [0.05, 0.1) is 6.04 Å². The largest absolute Gasteiger partial charge is 0.342 e. The van der Waals surface area contributed by atoms with E-state index in [2.05, 4.69) is 20.7 Å². The van der Waals surface area contributed by atoms with Gasteiger partial charge in [0.25, 0.3) is 5.91 Å². The molecule has 1 aromatic heterocycles. The molecule has 0 aliphatic heterocycles. The van der Waals surface area contributed by atoms with Crippen LogP contribution >= 0.6 is 0 Å². The van der Waals surface area contributed by atoms with Crippen molar-refractivity contribution in [3.63, 3.8) is 0 Å². The number of carbonyl (C=O) groups excluding carboxylic acids is 2. The van der Waals surface area contributed by atoms with Crippen LogP contribution in [0.4, 0.5) is 0 Å². The summed E-state index contributed by atoms with van der Waals surface area (Å²) in [6.07, 6.45) is 0.426. The lowest BCUT2D eigenvalue weighted by atomic mass is 10.0. The topological polar surface area (TPSA) is 89.8 Å². The molecule has 23 heavy (non-hydrogen) atoms. The predicted molar refractivity (Wildman–Crippen MR) is 84.6 cm³/mol. The highest BCUT2D eigenvalue weighted by molar-refractivity contribution is 5.94. The van der Waals surface area contributed by atoms with Gasteiger partial charge in [-0.25, -0.2) is 0 Å². The van der Waals surface area contributed by atoms with Crippen LogP contribution in [-0.2, 0) is 11.3 Å². The normalized spacial score (nSPS) is 12.2. The molecule has 0 aliphatic rings. The first-order valence-electron chi connectivity index (χ1n) is 7.66. The van der Waals surface area contributed by atoms with Crippen molar-refractivity contribution in [2.75, 3.05) is 0 Å². The van der Waals surface area contributed by atoms with Gasteiger partial charge in [-0.3, -0.25) is 9.59 Å². The second kappa shape index (κ2) is 7.62. The minimum absolute atomic E-state index is 0.0309. The number of ketones is 1. The van der Waals surface area contributed by atoms with Gasteiger partial charge in [0.2, 0.25) is 0 Å². The monoisotopic (exact) mass is 315 g/mol. The molecular weight excluding hydrogens is 294 g/mol. The summed E-state index contributed by atoms with van der Waals surface area (Å²) in [4.78, 5) is 25.0. The highest BCUT2D eigenvalue weighted by Gasteiger charge is 2.24. The van der Waals surface area contributed by atoms with Crippen molar-refractivity contribution in [1.82, 2.24) is 25.5 Å². The van der Waals surface area contributed by atoms with Crippen LogP contribution in [0.2, 0.25) is 0 Å². The van der Waals surface area contributed by atoms with Crippen molar-refractivity contribution in [3.8, 4) is 0 Å². The Morgan fingerprint density at radius 2 is 1.91 bits per heavy atom. The van der Waals surface area contributed by atoms with E-state index in [0.717, 1.165) is 0 Å². The van der Waals surface area contributed by atoms with Crippen LogP contribution in [0.3, 0.4) is 0 Å². The first kappa shape index (κ1) is 16.8. The molecule has 0 spiro atoms. The first-order chi connectivity index (χ1) is 11.0.